The summed E-state index contributed by atoms with van der Waals surface area (Å²) in [6.45, 7) is 6.62. The number of thiophene rings is 1. The van der Waals surface area contributed by atoms with Crippen molar-refractivity contribution in [3.63, 3.8) is 0 Å². The molecule has 1 aromatic heterocycles. The Balaban J connectivity index is 1.82. The van der Waals surface area contributed by atoms with Gasteiger partial charge in [-0.2, -0.15) is 0 Å². The topological polar surface area (TPSA) is 0 Å². The second kappa shape index (κ2) is 8.80. The molecule has 146 valence electrons. The van der Waals surface area contributed by atoms with Crippen molar-refractivity contribution in [2.24, 2.45) is 0 Å². The number of benzene rings is 3. The molecule has 1 heteroatoms. The van der Waals surface area contributed by atoms with Gasteiger partial charge in [-0.25, -0.2) is 0 Å². The van der Waals surface area contributed by atoms with E-state index in [9.17, 15) is 0 Å². The molecule has 0 nitrogen and oxygen atoms in total. The molecule has 0 fully saturated rings. The van der Waals surface area contributed by atoms with E-state index in [1.807, 2.05) is 11.3 Å². The Hall–Kier alpha value is -2.64. The average Bonchev–Trinajstić information content (AvgIpc) is 3.24. The summed E-state index contributed by atoms with van der Waals surface area (Å²) in [7, 11) is 0. The highest BCUT2D eigenvalue weighted by Crippen LogP contribution is 2.43. The Labute approximate surface area is 178 Å². The van der Waals surface area contributed by atoms with E-state index >= 15 is 0 Å². The molecule has 0 N–H and O–H groups in total. The Morgan fingerprint density at radius 1 is 0.517 bits per heavy atom. The maximum Gasteiger partial charge on any atom is 0.0427 e. The molecule has 0 saturated heterocycles. The molecule has 0 saturated carbocycles. The summed E-state index contributed by atoms with van der Waals surface area (Å²) < 4.78 is 0. The summed E-state index contributed by atoms with van der Waals surface area (Å²) in [5, 5.41) is 0. The molecule has 4 aromatic rings. The lowest BCUT2D eigenvalue weighted by atomic mass is 9.99. The summed E-state index contributed by atoms with van der Waals surface area (Å²) in [5.41, 5.74) is 9.38. The van der Waals surface area contributed by atoms with Crippen LogP contribution in [0.4, 0.5) is 0 Å². The molecule has 0 spiro atoms. The van der Waals surface area contributed by atoms with Crippen LogP contribution in [0.3, 0.4) is 0 Å². The van der Waals surface area contributed by atoms with Crippen LogP contribution in [-0.4, -0.2) is 0 Å². The van der Waals surface area contributed by atoms with Crippen molar-refractivity contribution in [1.29, 1.82) is 0 Å². The van der Waals surface area contributed by atoms with E-state index in [0.717, 1.165) is 19.3 Å². The second-order valence-corrected chi connectivity index (χ2v) is 8.56. The molecule has 0 atom stereocenters. The maximum atomic E-state index is 2.37. The molecule has 0 bridgehead atoms. The first kappa shape index (κ1) is 19.7. The number of aryl methyl sites for hydroxylation is 3. The van der Waals surface area contributed by atoms with Gasteiger partial charge in [-0.15, -0.1) is 11.3 Å². The van der Waals surface area contributed by atoms with Crippen LogP contribution in [0, 0.1) is 0 Å². The lowest BCUT2D eigenvalue weighted by Crippen LogP contribution is -1.83. The molecule has 1 heterocycles. The Morgan fingerprint density at radius 2 is 0.931 bits per heavy atom. The van der Waals surface area contributed by atoms with Crippen LogP contribution in [-0.2, 0) is 19.3 Å². The molecule has 0 unspecified atom stereocenters. The summed E-state index contributed by atoms with van der Waals surface area (Å²) >= 11 is 1.90. The van der Waals surface area contributed by atoms with Gasteiger partial charge in [0.2, 0.25) is 0 Å². The molecule has 4 rings (SSSR count). The normalized spacial score (nSPS) is 11.0. The minimum atomic E-state index is 1.07. The molecule has 3 aromatic carbocycles. The van der Waals surface area contributed by atoms with Crippen molar-refractivity contribution in [3.05, 3.63) is 95.6 Å². The van der Waals surface area contributed by atoms with Crippen molar-refractivity contribution in [2.75, 3.05) is 0 Å². The first-order valence-electron chi connectivity index (χ1n) is 10.6. The number of rotatable bonds is 6. The molecule has 0 aliphatic carbocycles. The van der Waals surface area contributed by atoms with E-state index in [1.54, 1.807) is 0 Å². The third-order valence-electron chi connectivity index (χ3n) is 5.68. The van der Waals surface area contributed by atoms with Crippen molar-refractivity contribution in [2.45, 2.75) is 40.0 Å². The van der Waals surface area contributed by atoms with Gasteiger partial charge in [0.15, 0.2) is 0 Å². The van der Waals surface area contributed by atoms with Crippen molar-refractivity contribution < 1.29 is 0 Å². The van der Waals surface area contributed by atoms with Crippen LogP contribution in [0.5, 0.6) is 0 Å². The zero-order valence-corrected chi connectivity index (χ0v) is 18.4. The van der Waals surface area contributed by atoms with E-state index in [0.29, 0.717) is 0 Å². The third kappa shape index (κ3) is 4.21. The Kier molecular flexibility index (Phi) is 5.97. The number of hydrogen-bond donors (Lipinski definition) is 0. The Morgan fingerprint density at radius 3 is 1.38 bits per heavy atom. The van der Waals surface area contributed by atoms with Crippen molar-refractivity contribution in [1.82, 2.24) is 0 Å². The quantitative estimate of drug-likeness (QED) is 0.307. The average molecular weight is 397 g/mol. The van der Waals surface area contributed by atoms with Crippen molar-refractivity contribution in [3.8, 4) is 32.0 Å². The van der Waals surface area contributed by atoms with Gasteiger partial charge in [0, 0.05) is 15.3 Å². The first-order chi connectivity index (χ1) is 14.2. The fourth-order valence-electron chi connectivity index (χ4n) is 3.68. The SMILES string of the molecule is CCc1ccc(-c2cc(-c3ccc(CC)cc3)c(-c3ccc(CC)cc3)s2)cc1. The van der Waals surface area contributed by atoms with Crippen LogP contribution >= 0.6 is 11.3 Å². The fraction of sp³-hybridized carbons (Fsp3) is 0.214. The van der Waals surface area contributed by atoms with Crippen LogP contribution in [0.25, 0.3) is 32.0 Å². The van der Waals surface area contributed by atoms with Crippen molar-refractivity contribution >= 4 is 11.3 Å². The summed E-state index contributed by atoms with van der Waals surface area (Å²) in [4.78, 5) is 2.68. The van der Waals surface area contributed by atoms with E-state index in [2.05, 4.69) is 99.6 Å². The summed E-state index contributed by atoms with van der Waals surface area (Å²) in [6, 6.07) is 29.5. The van der Waals surface area contributed by atoms with Gasteiger partial charge in [-0.3, -0.25) is 0 Å². The molecule has 29 heavy (non-hydrogen) atoms. The van der Waals surface area contributed by atoms with E-state index in [1.165, 1.54) is 48.7 Å². The van der Waals surface area contributed by atoms with Gasteiger partial charge in [0.05, 0.1) is 0 Å². The highest BCUT2D eigenvalue weighted by molar-refractivity contribution is 7.19. The molecule has 0 aliphatic rings. The van der Waals surface area contributed by atoms with Crippen LogP contribution < -0.4 is 0 Å². The van der Waals surface area contributed by atoms with Gasteiger partial charge in [0.1, 0.15) is 0 Å². The van der Waals surface area contributed by atoms with Crippen LogP contribution in [0.2, 0.25) is 0 Å². The van der Waals surface area contributed by atoms with Crippen LogP contribution in [0.15, 0.2) is 78.9 Å². The van der Waals surface area contributed by atoms with Gasteiger partial charge in [-0.05, 0) is 58.7 Å². The van der Waals surface area contributed by atoms with E-state index in [-0.39, 0.29) is 0 Å². The zero-order chi connectivity index (χ0) is 20.2. The predicted octanol–water partition coefficient (Wildman–Crippen LogP) is 8.44. The van der Waals surface area contributed by atoms with Gasteiger partial charge < -0.3 is 0 Å². The highest BCUT2D eigenvalue weighted by atomic mass is 32.1. The van der Waals surface area contributed by atoms with Gasteiger partial charge in [0.25, 0.3) is 0 Å². The second-order valence-electron chi connectivity index (χ2n) is 7.50. The minimum absolute atomic E-state index is 1.07. The molecule has 0 amide bonds. The van der Waals surface area contributed by atoms with E-state index < -0.39 is 0 Å². The smallest absolute Gasteiger partial charge is 0.0427 e. The monoisotopic (exact) mass is 396 g/mol. The first-order valence-corrected chi connectivity index (χ1v) is 11.4. The van der Waals surface area contributed by atoms with Gasteiger partial charge in [-0.1, -0.05) is 93.6 Å². The molecule has 0 radical (unpaired) electrons. The summed E-state index contributed by atoms with van der Waals surface area (Å²) in [5.74, 6) is 0. The Bertz CT molecular complexity index is 1000. The predicted molar refractivity (Wildman–Crippen MR) is 129 cm³/mol. The number of hydrogen-bond acceptors (Lipinski definition) is 1. The minimum Gasteiger partial charge on any atom is -0.135 e. The van der Waals surface area contributed by atoms with Gasteiger partial charge >= 0.3 is 0 Å². The molecule has 0 aliphatic heterocycles. The molecular weight excluding hydrogens is 368 g/mol. The highest BCUT2D eigenvalue weighted by Gasteiger charge is 2.14. The lowest BCUT2D eigenvalue weighted by Gasteiger charge is -2.06. The standard InChI is InChI=1S/C28H28S/c1-4-20-7-13-23(14-8-20)26-19-27(24-15-9-21(5-2)10-16-24)29-28(26)25-17-11-22(6-3)12-18-25/h7-19H,4-6H2,1-3H3. The maximum absolute atomic E-state index is 2.37. The lowest BCUT2D eigenvalue weighted by molar-refractivity contribution is 1.14. The fourth-order valence-corrected chi connectivity index (χ4v) is 4.87. The van der Waals surface area contributed by atoms with Crippen LogP contribution in [0.1, 0.15) is 37.5 Å². The largest absolute Gasteiger partial charge is 0.135 e. The summed E-state index contributed by atoms with van der Waals surface area (Å²) in [6.07, 6.45) is 3.23. The zero-order valence-electron chi connectivity index (χ0n) is 17.5. The third-order valence-corrected chi connectivity index (χ3v) is 6.91. The molecular formula is C28H28S. The van der Waals surface area contributed by atoms with E-state index in [4.69, 9.17) is 0 Å².